The first-order valence-electron chi connectivity index (χ1n) is 7.46. The Kier molecular flexibility index (Phi) is 4.30. The molecule has 4 nitrogen and oxygen atoms in total. The third kappa shape index (κ3) is 3.23. The largest absolute Gasteiger partial charge is 0.308 e. The molecular formula is C18H19N3O. The highest BCUT2D eigenvalue weighted by Crippen LogP contribution is 2.06. The molecule has 0 fully saturated rings. The average Bonchev–Trinajstić information content (AvgIpc) is 2.57. The van der Waals surface area contributed by atoms with Gasteiger partial charge in [-0.05, 0) is 18.6 Å². The van der Waals surface area contributed by atoms with Crippen molar-refractivity contribution in [2.45, 2.75) is 26.1 Å². The molecule has 1 unspecified atom stereocenters. The normalized spacial score (nSPS) is 12.4. The molecule has 2 aromatic carbocycles. The first-order valence-corrected chi connectivity index (χ1v) is 7.46. The van der Waals surface area contributed by atoms with Gasteiger partial charge in [-0.25, -0.2) is 4.68 Å². The number of rotatable bonds is 5. The monoisotopic (exact) mass is 293 g/mol. The van der Waals surface area contributed by atoms with E-state index in [0.717, 1.165) is 11.9 Å². The van der Waals surface area contributed by atoms with Crippen LogP contribution in [0.3, 0.4) is 0 Å². The van der Waals surface area contributed by atoms with Gasteiger partial charge in [-0.1, -0.05) is 48.5 Å². The van der Waals surface area contributed by atoms with Crippen molar-refractivity contribution >= 4 is 10.8 Å². The van der Waals surface area contributed by atoms with Gasteiger partial charge in [0.25, 0.3) is 5.56 Å². The fourth-order valence-corrected chi connectivity index (χ4v) is 2.47. The summed E-state index contributed by atoms with van der Waals surface area (Å²) >= 11 is 0. The molecule has 112 valence electrons. The van der Waals surface area contributed by atoms with Crippen LogP contribution < -0.4 is 10.9 Å². The predicted molar refractivity (Wildman–Crippen MR) is 88.7 cm³/mol. The summed E-state index contributed by atoms with van der Waals surface area (Å²) in [7, 11) is 0. The van der Waals surface area contributed by atoms with Crippen LogP contribution in [-0.2, 0) is 13.1 Å². The zero-order chi connectivity index (χ0) is 15.4. The summed E-state index contributed by atoms with van der Waals surface area (Å²) in [6.07, 6.45) is 1.75. The molecule has 1 atom stereocenters. The van der Waals surface area contributed by atoms with E-state index in [1.165, 1.54) is 10.2 Å². The second-order valence-electron chi connectivity index (χ2n) is 5.49. The molecule has 1 N–H and O–H groups in total. The van der Waals surface area contributed by atoms with Gasteiger partial charge in [-0.15, -0.1) is 0 Å². The van der Waals surface area contributed by atoms with Gasteiger partial charge in [0, 0.05) is 18.0 Å². The number of aromatic nitrogens is 2. The lowest BCUT2D eigenvalue weighted by Gasteiger charge is -2.15. The van der Waals surface area contributed by atoms with Crippen LogP contribution in [0.5, 0.6) is 0 Å². The molecule has 1 aromatic heterocycles. The van der Waals surface area contributed by atoms with Crippen LogP contribution in [0, 0.1) is 0 Å². The first-order chi connectivity index (χ1) is 10.7. The second kappa shape index (κ2) is 6.54. The predicted octanol–water partition coefficient (Wildman–Crippen LogP) is 2.57. The standard InChI is InChI=1S/C18H19N3O/c1-14(19-11-15-7-3-2-4-8-15)13-21-18(22)17-10-6-5-9-16(17)12-20-21/h2-10,12,14,19H,11,13H2,1H3. The van der Waals surface area contributed by atoms with E-state index in [9.17, 15) is 4.79 Å². The molecule has 3 rings (SSSR count). The van der Waals surface area contributed by atoms with Crippen LogP contribution in [0.2, 0.25) is 0 Å². The SMILES string of the molecule is CC(Cn1ncc2ccccc2c1=O)NCc1ccccc1. The van der Waals surface area contributed by atoms with E-state index in [4.69, 9.17) is 0 Å². The smallest absolute Gasteiger partial charge is 0.274 e. The highest BCUT2D eigenvalue weighted by Gasteiger charge is 2.07. The molecule has 0 aliphatic carbocycles. The minimum Gasteiger partial charge on any atom is -0.308 e. The van der Waals surface area contributed by atoms with E-state index >= 15 is 0 Å². The molecule has 22 heavy (non-hydrogen) atoms. The van der Waals surface area contributed by atoms with Gasteiger partial charge in [0.05, 0.1) is 18.1 Å². The van der Waals surface area contributed by atoms with Crippen molar-refractivity contribution in [3.8, 4) is 0 Å². The number of benzene rings is 2. The van der Waals surface area contributed by atoms with E-state index < -0.39 is 0 Å². The number of hydrogen-bond donors (Lipinski definition) is 1. The lowest BCUT2D eigenvalue weighted by atomic mass is 10.2. The van der Waals surface area contributed by atoms with Crippen LogP contribution in [0.1, 0.15) is 12.5 Å². The van der Waals surface area contributed by atoms with Crippen molar-refractivity contribution in [1.29, 1.82) is 0 Å². The molecule has 1 heterocycles. The molecule has 3 aromatic rings. The van der Waals surface area contributed by atoms with Gasteiger partial charge < -0.3 is 5.32 Å². The fraction of sp³-hybridized carbons (Fsp3) is 0.222. The maximum Gasteiger partial charge on any atom is 0.274 e. The molecule has 0 spiro atoms. The van der Waals surface area contributed by atoms with Crippen molar-refractivity contribution < 1.29 is 0 Å². The molecular weight excluding hydrogens is 274 g/mol. The van der Waals surface area contributed by atoms with E-state index in [2.05, 4.69) is 29.5 Å². The van der Waals surface area contributed by atoms with Gasteiger partial charge in [0.15, 0.2) is 0 Å². The number of fused-ring (bicyclic) bond motifs is 1. The van der Waals surface area contributed by atoms with Crippen LogP contribution >= 0.6 is 0 Å². The molecule has 0 saturated heterocycles. The highest BCUT2D eigenvalue weighted by molar-refractivity contribution is 5.80. The van der Waals surface area contributed by atoms with Crippen LogP contribution in [-0.4, -0.2) is 15.8 Å². The lowest BCUT2D eigenvalue weighted by molar-refractivity contribution is 0.439. The van der Waals surface area contributed by atoms with Gasteiger partial charge in [0.2, 0.25) is 0 Å². The van der Waals surface area contributed by atoms with Crippen LogP contribution in [0.15, 0.2) is 65.6 Å². The molecule has 4 heteroatoms. The minimum absolute atomic E-state index is 0.0357. The summed E-state index contributed by atoms with van der Waals surface area (Å²) in [4.78, 5) is 12.4. The van der Waals surface area contributed by atoms with Gasteiger partial charge in [-0.3, -0.25) is 4.79 Å². The van der Waals surface area contributed by atoms with Gasteiger partial charge in [0.1, 0.15) is 0 Å². The number of nitrogens with zero attached hydrogens (tertiary/aromatic N) is 2. The molecule has 0 aliphatic rings. The maximum absolute atomic E-state index is 12.4. The number of nitrogens with one attached hydrogen (secondary N) is 1. The Morgan fingerprint density at radius 2 is 1.82 bits per heavy atom. The molecule has 0 saturated carbocycles. The molecule has 0 aliphatic heterocycles. The van der Waals surface area contributed by atoms with Crippen LogP contribution in [0.4, 0.5) is 0 Å². The Hall–Kier alpha value is -2.46. The van der Waals surface area contributed by atoms with E-state index in [1.54, 1.807) is 6.20 Å². The summed E-state index contributed by atoms with van der Waals surface area (Å²) < 4.78 is 1.53. The zero-order valence-electron chi connectivity index (χ0n) is 12.6. The lowest BCUT2D eigenvalue weighted by Crippen LogP contribution is -2.35. The molecule has 0 bridgehead atoms. The Balaban J connectivity index is 1.70. The number of hydrogen-bond acceptors (Lipinski definition) is 3. The summed E-state index contributed by atoms with van der Waals surface area (Å²) in [5.74, 6) is 0. The first kappa shape index (κ1) is 14.5. The van der Waals surface area contributed by atoms with Crippen molar-refractivity contribution in [2.75, 3.05) is 0 Å². The fourth-order valence-electron chi connectivity index (χ4n) is 2.47. The Bertz CT molecular complexity index is 811. The average molecular weight is 293 g/mol. The van der Waals surface area contributed by atoms with Crippen LogP contribution in [0.25, 0.3) is 10.8 Å². The Morgan fingerprint density at radius 1 is 1.09 bits per heavy atom. The minimum atomic E-state index is -0.0357. The topological polar surface area (TPSA) is 46.9 Å². The van der Waals surface area contributed by atoms with Crippen molar-refractivity contribution in [1.82, 2.24) is 15.1 Å². The van der Waals surface area contributed by atoms with E-state index in [0.29, 0.717) is 11.9 Å². The van der Waals surface area contributed by atoms with Gasteiger partial charge >= 0.3 is 0 Å². The van der Waals surface area contributed by atoms with Crippen molar-refractivity contribution in [3.63, 3.8) is 0 Å². The highest BCUT2D eigenvalue weighted by atomic mass is 16.1. The van der Waals surface area contributed by atoms with E-state index in [-0.39, 0.29) is 11.6 Å². The van der Waals surface area contributed by atoms with Gasteiger partial charge in [-0.2, -0.15) is 5.10 Å². The summed E-state index contributed by atoms with van der Waals surface area (Å²) in [6, 6.07) is 17.9. The zero-order valence-corrected chi connectivity index (χ0v) is 12.6. The van der Waals surface area contributed by atoms with Crippen molar-refractivity contribution in [3.05, 3.63) is 76.7 Å². The second-order valence-corrected chi connectivity index (χ2v) is 5.49. The summed E-state index contributed by atoms with van der Waals surface area (Å²) in [5.41, 5.74) is 1.19. The molecule has 0 amide bonds. The summed E-state index contributed by atoms with van der Waals surface area (Å²) in [5, 5.41) is 9.29. The quantitative estimate of drug-likeness (QED) is 0.786. The Morgan fingerprint density at radius 3 is 2.64 bits per heavy atom. The third-order valence-corrected chi connectivity index (χ3v) is 3.71. The molecule has 0 radical (unpaired) electrons. The van der Waals surface area contributed by atoms with E-state index in [1.807, 2.05) is 42.5 Å². The Labute approximate surface area is 129 Å². The summed E-state index contributed by atoms with van der Waals surface area (Å²) in [6.45, 7) is 3.40. The van der Waals surface area contributed by atoms with Crippen molar-refractivity contribution in [2.24, 2.45) is 0 Å². The maximum atomic E-state index is 12.4. The third-order valence-electron chi connectivity index (χ3n) is 3.71.